The molecule has 1 fully saturated rings. The van der Waals surface area contributed by atoms with E-state index in [1.165, 1.54) is 5.70 Å². The maximum absolute atomic E-state index is 12.6. The molecule has 124 valence electrons. The van der Waals surface area contributed by atoms with Crippen LogP contribution in [0.1, 0.15) is 18.4 Å². The van der Waals surface area contributed by atoms with Gasteiger partial charge in [0.25, 0.3) is 0 Å². The third kappa shape index (κ3) is 4.12. The molecular weight excluding hydrogens is 368 g/mol. The number of morpholine rings is 1. The summed E-state index contributed by atoms with van der Waals surface area (Å²) in [4.78, 5) is 2.30. The Kier molecular flexibility index (Phi) is 5.33. The van der Waals surface area contributed by atoms with Crippen molar-refractivity contribution in [3.8, 4) is 5.75 Å². The molecule has 0 amide bonds. The molecule has 1 aliphatic heterocycles. The number of rotatable bonds is 4. The van der Waals surface area contributed by atoms with Crippen LogP contribution in [0.2, 0.25) is 0 Å². The smallest absolute Gasteiger partial charge is 0.387 e. The highest BCUT2D eigenvalue weighted by Gasteiger charge is 2.21. The van der Waals surface area contributed by atoms with Gasteiger partial charge in [0.1, 0.15) is 5.75 Å². The van der Waals surface area contributed by atoms with E-state index in [1.807, 2.05) is 6.08 Å². The SMILES string of the molecule is FC(F)Oc1ccc(Br)cc1/C=C1\CCC=C1N1CCOCC1. The molecule has 0 saturated carbocycles. The summed E-state index contributed by atoms with van der Waals surface area (Å²) in [5.41, 5.74) is 3.01. The minimum absolute atomic E-state index is 0.198. The van der Waals surface area contributed by atoms with Crippen LogP contribution in [0.4, 0.5) is 8.78 Å². The lowest BCUT2D eigenvalue weighted by Gasteiger charge is -2.30. The molecule has 0 aromatic heterocycles. The fraction of sp³-hybridized carbons (Fsp3) is 0.412. The van der Waals surface area contributed by atoms with Gasteiger partial charge in [-0.15, -0.1) is 0 Å². The summed E-state index contributed by atoms with van der Waals surface area (Å²) in [6, 6.07) is 5.07. The molecule has 2 aliphatic rings. The fourth-order valence-electron chi connectivity index (χ4n) is 2.93. The Morgan fingerprint density at radius 1 is 1.26 bits per heavy atom. The van der Waals surface area contributed by atoms with Crippen molar-refractivity contribution in [2.24, 2.45) is 0 Å². The van der Waals surface area contributed by atoms with Gasteiger partial charge in [0.15, 0.2) is 0 Å². The van der Waals surface area contributed by atoms with Gasteiger partial charge in [-0.1, -0.05) is 22.0 Å². The first kappa shape index (κ1) is 16.5. The minimum Gasteiger partial charge on any atom is -0.434 e. The lowest BCUT2D eigenvalue weighted by Crippen LogP contribution is -2.35. The molecule has 1 saturated heterocycles. The molecule has 3 rings (SSSR count). The third-order valence-electron chi connectivity index (χ3n) is 3.95. The van der Waals surface area contributed by atoms with E-state index in [0.29, 0.717) is 5.56 Å². The summed E-state index contributed by atoms with van der Waals surface area (Å²) in [7, 11) is 0. The zero-order valence-corrected chi connectivity index (χ0v) is 14.2. The maximum Gasteiger partial charge on any atom is 0.387 e. The molecule has 1 aromatic carbocycles. The van der Waals surface area contributed by atoms with Gasteiger partial charge in [-0.25, -0.2) is 0 Å². The van der Waals surface area contributed by atoms with E-state index in [1.54, 1.807) is 18.2 Å². The maximum atomic E-state index is 12.6. The molecule has 1 heterocycles. The van der Waals surface area contributed by atoms with Crippen molar-refractivity contribution in [3.63, 3.8) is 0 Å². The van der Waals surface area contributed by atoms with Gasteiger partial charge < -0.3 is 14.4 Å². The molecule has 3 nitrogen and oxygen atoms in total. The van der Waals surface area contributed by atoms with E-state index >= 15 is 0 Å². The molecule has 0 N–H and O–H groups in total. The van der Waals surface area contributed by atoms with Crippen LogP contribution in [-0.2, 0) is 4.74 Å². The highest BCUT2D eigenvalue weighted by Crippen LogP contribution is 2.33. The predicted molar refractivity (Wildman–Crippen MR) is 88.5 cm³/mol. The Labute approximate surface area is 142 Å². The van der Waals surface area contributed by atoms with Crippen LogP contribution in [0.15, 0.2) is 40.0 Å². The van der Waals surface area contributed by atoms with Crippen LogP contribution < -0.4 is 4.74 Å². The van der Waals surface area contributed by atoms with Gasteiger partial charge in [0, 0.05) is 28.8 Å². The Hall–Kier alpha value is -1.40. The number of halogens is 3. The number of hydrogen-bond acceptors (Lipinski definition) is 3. The molecule has 0 spiro atoms. The van der Waals surface area contributed by atoms with Crippen LogP contribution in [0.25, 0.3) is 6.08 Å². The van der Waals surface area contributed by atoms with Gasteiger partial charge in [0.2, 0.25) is 0 Å². The van der Waals surface area contributed by atoms with E-state index in [-0.39, 0.29) is 5.75 Å². The zero-order valence-electron chi connectivity index (χ0n) is 12.6. The van der Waals surface area contributed by atoms with E-state index in [9.17, 15) is 8.78 Å². The Bertz CT molecular complexity index is 625. The molecule has 1 aliphatic carbocycles. The van der Waals surface area contributed by atoms with Crippen molar-refractivity contribution in [2.45, 2.75) is 19.5 Å². The second kappa shape index (κ2) is 7.45. The van der Waals surface area contributed by atoms with Crippen molar-refractivity contribution < 1.29 is 18.3 Å². The molecular formula is C17H18BrF2NO2. The molecule has 0 radical (unpaired) electrons. The summed E-state index contributed by atoms with van der Waals surface area (Å²) in [5.74, 6) is 0.198. The summed E-state index contributed by atoms with van der Waals surface area (Å²) in [6.45, 7) is 0.346. The van der Waals surface area contributed by atoms with Gasteiger partial charge >= 0.3 is 6.61 Å². The van der Waals surface area contributed by atoms with Crippen LogP contribution in [0, 0.1) is 0 Å². The predicted octanol–water partition coefficient (Wildman–Crippen LogP) is 4.44. The second-order valence-electron chi connectivity index (χ2n) is 5.46. The number of nitrogens with zero attached hydrogens (tertiary/aromatic N) is 1. The van der Waals surface area contributed by atoms with E-state index < -0.39 is 6.61 Å². The van der Waals surface area contributed by atoms with E-state index in [0.717, 1.165) is 49.2 Å². The molecule has 0 unspecified atom stereocenters. The van der Waals surface area contributed by atoms with Gasteiger partial charge in [-0.05, 0) is 42.7 Å². The minimum atomic E-state index is -2.83. The van der Waals surface area contributed by atoms with Crippen LogP contribution >= 0.6 is 15.9 Å². The normalized spacial score (nSPS) is 20.3. The van der Waals surface area contributed by atoms with Crippen LogP contribution in [0.3, 0.4) is 0 Å². The number of hydrogen-bond donors (Lipinski definition) is 0. The highest BCUT2D eigenvalue weighted by molar-refractivity contribution is 9.10. The summed E-state index contributed by atoms with van der Waals surface area (Å²) in [6.07, 6.45) is 6.05. The molecule has 23 heavy (non-hydrogen) atoms. The number of ether oxygens (including phenoxy) is 2. The highest BCUT2D eigenvalue weighted by atomic mass is 79.9. The standard InChI is InChI=1S/C17H18BrF2NO2/c18-14-4-5-16(23-17(19)20)13(11-14)10-12-2-1-3-15(12)21-6-8-22-9-7-21/h3-5,10-11,17H,1-2,6-9H2/b12-10+. The van der Waals surface area contributed by atoms with Crippen LogP contribution in [0.5, 0.6) is 5.75 Å². The molecule has 0 atom stereocenters. The molecule has 6 heteroatoms. The molecule has 0 bridgehead atoms. The van der Waals surface area contributed by atoms with Crippen molar-refractivity contribution >= 4 is 22.0 Å². The van der Waals surface area contributed by atoms with E-state index in [2.05, 4.69) is 31.6 Å². The largest absolute Gasteiger partial charge is 0.434 e. The Morgan fingerprint density at radius 2 is 2.04 bits per heavy atom. The zero-order chi connectivity index (χ0) is 16.2. The first-order valence-electron chi connectivity index (χ1n) is 7.61. The van der Waals surface area contributed by atoms with Crippen LogP contribution in [-0.4, -0.2) is 37.8 Å². The average Bonchev–Trinajstić information content (AvgIpc) is 2.99. The van der Waals surface area contributed by atoms with Gasteiger partial charge in [-0.2, -0.15) is 8.78 Å². The average molecular weight is 386 g/mol. The summed E-state index contributed by atoms with van der Waals surface area (Å²) in [5, 5.41) is 0. The van der Waals surface area contributed by atoms with Gasteiger partial charge in [0.05, 0.1) is 13.2 Å². The topological polar surface area (TPSA) is 21.7 Å². The van der Waals surface area contributed by atoms with Crippen molar-refractivity contribution in [2.75, 3.05) is 26.3 Å². The van der Waals surface area contributed by atoms with E-state index in [4.69, 9.17) is 4.74 Å². The lowest BCUT2D eigenvalue weighted by molar-refractivity contribution is -0.0500. The lowest BCUT2D eigenvalue weighted by atomic mass is 10.1. The van der Waals surface area contributed by atoms with Crippen molar-refractivity contribution in [1.82, 2.24) is 4.90 Å². The number of alkyl halides is 2. The Morgan fingerprint density at radius 3 is 2.78 bits per heavy atom. The fourth-order valence-corrected chi connectivity index (χ4v) is 3.31. The number of benzene rings is 1. The van der Waals surface area contributed by atoms with Crippen molar-refractivity contribution in [1.29, 1.82) is 0 Å². The summed E-state index contributed by atoms with van der Waals surface area (Å²) < 4.78 is 36.1. The number of allylic oxidation sites excluding steroid dienone is 2. The van der Waals surface area contributed by atoms with Crippen molar-refractivity contribution in [3.05, 3.63) is 45.6 Å². The quantitative estimate of drug-likeness (QED) is 0.764. The monoisotopic (exact) mass is 385 g/mol. The first-order chi connectivity index (χ1) is 11.1. The summed E-state index contributed by atoms with van der Waals surface area (Å²) >= 11 is 3.39. The molecule has 1 aromatic rings. The Balaban J connectivity index is 1.88. The first-order valence-corrected chi connectivity index (χ1v) is 8.41. The second-order valence-corrected chi connectivity index (χ2v) is 6.37. The third-order valence-corrected chi connectivity index (χ3v) is 4.44. The van der Waals surface area contributed by atoms with Gasteiger partial charge in [-0.3, -0.25) is 0 Å².